The van der Waals surface area contributed by atoms with Gasteiger partial charge in [-0.1, -0.05) is 18.2 Å². The molecule has 0 radical (unpaired) electrons. The molecule has 2 rings (SSSR count). The van der Waals surface area contributed by atoms with Crippen LogP contribution in [-0.2, 0) is 11.3 Å². The summed E-state index contributed by atoms with van der Waals surface area (Å²) in [5.74, 6) is -0.283. The number of hydrogen-bond acceptors (Lipinski definition) is 3. The minimum Gasteiger partial charge on any atom is -0.370 e. The Hall–Kier alpha value is -1.94. The van der Waals surface area contributed by atoms with Crippen LogP contribution in [0.4, 0.5) is 0 Å². The molecule has 1 heterocycles. The molecule has 0 aliphatic carbocycles. The Morgan fingerprint density at radius 1 is 1.39 bits per heavy atom. The van der Waals surface area contributed by atoms with Crippen LogP contribution < -0.4 is 11.1 Å². The Morgan fingerprint density at radius 3 is 2.94 bits per heavy atom. The third-order valence-corrected chi connectivity index (χ3v) is 2.89. The van der Waals surface area contributed by atoms with Gasteiger partial charge in [0.1, 0.15) is 0 Å². The Bertz CT molecular complexity index is 548. The maximum Gasteiger partial charge on any atom is 0.218 e. The van der Waals surface area contributed by atoms with Gasteiger partial charge in [0.05, 0.1) is 5.52 Å². The van der Waals surface area contributed by atoms with Gasteiger partial charge in [-0.2, -0.15) is 0 Å². The van der Waals surface area contributed by atoms with E-state index in [1.807, 2.05) is 31.2 Å². The van der Waals surface area contributed by atoms with E-state index < -0.39 is 0 Å². The predicted molar refractivity (Wildman–Crippen MR) is 71.9 cm³/mol. The quantitative estimate of drug-likeness (QED) is 0.838. The van der Waals surface area contributed by atoms with Crippen molar-refractivity contribution in [2.75, 3.05) is 0 Å². The molecule has 18 heavy (non-hydrogen) atoms. The van der Waals surface area contributed by atoms with Crippen molar-refractivity contribution in [3.05, 3.63) is 42.1 Å². The lowest BCUT2D eigenvalue weighted by atomic mass is 10.1. The zero-order chi connectivity index (χ0) is 13.0. The average Bonchev–Trinajstić information content (AvgIpc) is 2.35. The van der Waals surface area contributed by atoms with Crippen molar-refractivity contribution in [3.63, 3.8) is 0 Å². The van der Waals surface area contributed by atoms with Crippen molar-refractivity contribution < 1.29 is 4.79 Å². The van der Waals surface area contributed by atoms with Gasteiger partial charge in [0.25, 0.3) is 0 Å². The average molecular weight is 243 g/mol. The van der Waals surface area contributed by atoms with Crippen LogP contribution in [0.3, 0.4) is 0 Å². The van der Waals surface area contributed by atoms with Crippen LogP contribution in [0, 0.1) is 0 Å². The largest absolute Gasteiger partial charge is 0.370 e. The number of nitrogens with zero attached hydrogens (tertiary/aromatic N) is 1. The number of carbonyl (C=O) groups is 1. The standard InChI is InChI=1S/C14H17N3O/c1-10(8-14(15)18)17-9-11-6-7-16-13-5-3-2-4-12(11)13/h2-7,10,17H,8-9H2,1H3,(H2,15,18). The van der Waals surface area contributed by atoms with Gasteiger partial charge >= 0.3 is 0 Å². The first-order valence-corrected chi connectivity index (χ1v) is 6.01. The molecule has 0 aliphatic heterocycles. The summed E-state index contributed by atoms with van der Waals surface area (Å²) in [6, 6.07) is 10.1. The monoisotopic (exact) mass is 243 g/mol. The molecule has 0 saturated heterocycles. The summed E-state index contributed by atoms with van der Waals surface area (Å²) in [7, 11) is 0. The van der Waals surface area contributed by atoms with Crippen molar-refractivity contribution in [2.24, 2.45) is 5.73 Å². The molecule has 0 saturated carbocycles. The summed E-state index contributed by atoms with van der Waals surface area (Å²) in [6.07, 6.45) is 2.15. The Kier molecular flexibility index (Phi) is 3.89. The predicted octanol–water partition coefficient (Wildman–Crippen LogP) is 1.59. The van der Waals surface area contributed by atoms with Gasteiger partial charge in [-0.05, 0) is 24.6 Å². The molecule has 1 atom stereocenters. The summed E-state index contributed by atoms with van der Waals surface area (Å²) in [6.45, 7) is 2.66. The molecule has 94 valence electrons. The van der Waals surface area contributed by atoms with Crippen molar-refractivity contribution in [1.29, 1.82) is 0 Å². The van der Waals surface area contributed by atoms with E-state index in [1.54, 1.807) is 6.20 Å². The normalized spacial score (nSPS) is 12.5. The number of fused-ring (bicyclic) bond motifs is 1. The van der Waals surface area contributed by atoms with Gasteiger partial charge in [-0.25, -0.2) is 0 Å². The van der Waals surface area contributed by atoms with Crippen LogP contribution in [0.2, 0.25) is 0 Å². The van der Waals surface area contributed by atoms with Gasteiger partial charge in [0.2, 0.25) is 5.91 Å². The number of rotatable bonds is 5. The summed E-state index contributed by atoms with van der Waals surface area (Å²) < 4.78 is 0. The van der Waals surface area contributed by atoms with Gasteiger partial charge in [-0.15, -0.1) is 0 Å². The number of primary amides is 1. The van der Waals surface area contributed by atoms with Crippen LogP contribution in [-0.4, -0.2) is 16.9 Å². The first-order valence-electron chi connectivity index (χ1n) is 6.01. The molecule has 1 amide bonds. The molecule has 4 nitrogen and oxygen atoms in total. The molecule has 0 spiro atoms. The Morgan fingerprint density at radius 2 is 2.17 bits per heavy atom. The lowest BCUT2D eigenvalue weighted by Crippen LogP contribution is -2.30. The SMILES string of the molecule is CC(CC(N)=O)NCc1ccnc2ccccc12. The number of para-hydroxylation sites is 1. The lowest BCUT2D eigenvalue weighted by Gasteiger charge is -2.13. The third kappa shape index (κ3) is 3.05. The zero-order valence-electron chi connectivity index (χ0n) is 10.4. The van der Waals surface area contributed by atoms with Crippen molar-refractivity contribution in [1.82, 2.24) is 10.3 Å². The van der Waals surface area contributed by atoms with Crippen LogP contribution in [0.25, 0.3) is 10.9 Å². The second-order valence-corrected chi connectivity index (χ2v) is 4.44. The molecule has 1 aromatic carbocycles. The molecule has 2 aromatic rings. The van der Waals surface area contributed by atoms with Gasteiger partial charge in [0.15, 0.2) is 0 Å². The first kappa shape index (κ1) is 12.5. The molecule has 0 fully saturated rings. The summed E-state index contributed by atoms with van der Waals surface area (Å²) in [5, 5.41) is 4.43. The van der Waals surface area contributed by atoms with E-state index in [4.69, 9.17) is 5.73 Å². The number of nitrogens with one attached hydrogen (secondary N) is 1. The molecule has 4 heteroatoms. The smallest absolute Gasteiger partial charge is 0.218 e. The van der Waals surface area contributed by atoms with E-state index in [2.05, 4.69) is 16.4 Å². The van der Waals surface area contributed by atoms with Crippen LogP contribution in [0.5, 0.6) is 0 Å². The van der Waals surface area contributed by atoms with E-state index in [-0.39, 0.29) is 11.9 Å². The number of nitrogens with two attached hydrogens (primary N) is 1. The summed E-state index contributed by atoms with van der Waals surface area (Å²) in [5.41, 5.74) is 7.33. The van der Waals surface area contributed by atoms with Gasteiger partial charge in [-0.3, -0.25) is 9.78 Å². The maximum absolute atomic E-state index is 10.8. The van der Waals surface area contributed by atoms with Crippen LogP contribution >= 0.6 is 0 Å². The summed E-state index contributed by atoms with van der Waals surface area (Å²) >= 11 is 0. The highest BCUT2D eigenvalue weighted by molar-refractivity contribution is 5.81. The fourth-order valence-corrected chi connectivity index (χ4v) is 1.97. The number of pyridine rings is 1. The highest BCUT2D eigenvalue weighted by Gasteiger charge is 2.06. The molecule has 1 aromatic heterocycles. The number of hydrogen-bond donors (Lipinski definition) is 2. The van der Waals surface area contributed by atoms with E-state index in [0.717, 1.165) is 10.9 Å². The molecule has 0 aliphatic rings. The minimum absolute atomic E-state index is 0.0782. The van der Waals surface area contributed by atoms with Crippen molar-refractivity contribution in [2.45, 2.75) is 25.9 Å². The minimum atomic E-state index is -0.283. The van der Waals surface area contributed by atoms with Gasteiger partial charge in [0, 0.05) is 30.6 Å². The van der Waals surface area contributed by atoms with E-state index in [1.165, 1.54) is 5.56 Å². The fraction of sp³-hybridized carbons (Fsp3) is 0.286. The van der Waals surface area contributed by atoms with Crippen molar-refractivity contribution in [3.8, 4) is 0 Å². The van der Waals surface area contributed by atoms with Crippen LogP contribution in [0.1, 0.15) is 18.9 Å². The second-order valence-electron chi connectivity index (χ2n) is 4.44. The van der Waals surface area contributed by atoms with E-state index in [0.29, 0.717) is 13.0 Å². The Balaban J connectivity index is 2.10. The molecule has 3 N–H and O–H groups in total. The first-order chi connectivity index (χ1) is 8.66. The maximum atomic E-state index is 10.8. The fourth-order valence-electron chi connectivity index (χ4n) is 1.97. The molecule has 0 bridgehead atoms. The van der Waals surface area contributed by atoms with E-state index >= 15 is 0 Å². The Labute approximate surface area is 106 Å². The highest BCUT2D eigenvalue weighted by atomic mass is 16.1. The molecule has 1 unspecified atom stereocenters. The summed E-state index contributed by atoms with van der Waals surface area (Å²) in [4.78, 5) is 15.1. The lowest BCUT2D eigenvalue weighted by molar-refractivity contribution is -0.118. The van der Waals surface area contributed by atoms with Crippen LogP contribution in [0.15, 0.2) is 36.5 Å². The second kappa shape index (κ2) is 5.60. The number of carbonyl (C=O) groups excluding carboxylic acids is 1. The number of benzene rings is 1. The number of amides is 1. The van der Waals surface area contributed by atoms with Crippen molar-refractivity contribution >= 4 is 16.8 Å². The topological polar surface area (TPSA) is 68.0 Å². The number of aromatic nitrogens is 1. The van der Waals surface area contributed by atoms with E-state index in [9.17, 15) is 4.79 Å². The highest BCUT2D eigenvalue weighted by Crippen LogP contribution is 2.15. The third-order valence-electron chi connectivity index (χ3n) is 2.89. The van der Waals surface area contributed by atoms with Gasteiger partial charge < -0.3 is 11.1 Å². The molecular formula is C14H17N3O. The molecular weight excluding hydrogens is 226 g/mol. The zero-order valence-corrected chi connectivity index (χ0v) is 10.4.